The number of aromatic carboxylic acids is 1. The smallest absolute Gasteiger partial charge is 0.337 e. The molecular formula is C22H37NO4. The lowest BCUT2D eigenvalue weighted by molar-refractivity contribution is -0.137. The fourth-order valence-corrected chi connectivity index (χ4v) is 2.78. The molecule has 1 aromatic heterocycles. The zero-order valence-corrected chi connectivity index (χ0v) is 16.9. The monoisotopic (exact) mass is 379 g/mol. The minimum atomic E-state index is -0.942. The Hall–Kier alpha value is -1.91. The average molecular weight is 380 g/mol. The third kappa shape index (κ3) is 18.7. The zero-order valence-electron chi connectivity index (χ0n) is 16.9. The highest BCUT2D eigenvalue weighted by Gasteiger charge is 1.98. The summed E-state index contributed by atoms with van der Waals surface area (Å²) >= 11 is 0. The van der Waals surface area contributed by atoms with Crippen molar-refractivity contribution in [2.24, 2.45) is 0 Å². The van der Waals surface area contributed by atoms with Crippen molar-refractivity contribution in [2.75, 3.05) is 0 Å². The van der Waals surface area contributed by atoms with Gasteiger partial charge < -0.3 is 10.2 Å². The van der Waals surface area contributed by atoms with E-state index in [2.05, 4.69) is 11.9 Å². The lowest BCUT2D eigenvalue weighted by Gasteiger charge is -2.02. The highest BCUT2D eigenvalue weighted by atomic mass is 16.4. The van der Waals surface area contributed by atoms with Crippen LogP contribution < -0.4 is 0 Å². The van der Waals surface area contributed by atoms with Crippen molar-refractivity contribution >= 4 is 11.9 Å². The second-order valence-corrected chi connectivity index (χ2v) is 6.93. The summed E-state index contributed by atoms with van der Waals surface area (Å²) in [7, 11) is 0. The molecule has 0 aromatic carbocycles. The van der Waals surface area contributed by atoms with E-state index in [0.29, 0.717) is 6.42 Å². The number of unbranched alkanes of at least 4 members (excludes halogenated alkanes) is 12. The molecule has 0 atom stereocenters. The van der Waals surface area contributed by atoms with Crippen LogP contribution in [-0.2, 0) is 4.79 Å². The first-order valence-corrected chi connectivity index (χ1v) is 10.4. The van der Waals surface area contributed by atoms with Crippen LogP contribution in [0.5, 0.6) is 0 Å². The Labute approximate surface area is 164 Å². The van der Waals surface area contributed by atoms with Crippen molar-refractivity contribution in [2.45, 2.75) is 96.8 Å². The van der Waals surface area contributed by atoms with Crippen molar-refractivity contribution in [1.82, 2.24) is 4.98 Å². The lowest BCUT2D eigenvalue weighted by atomic mass is 10.0. The molecule has 1 aromatic rings. The predicted molar refractivity (Wildman–Crippen MR) is 109 cm³/mol. The summed E-state index contributed by atoms with van der Waals surface area (Å²) in [6.07, 6.45) is 20.1. The van der Waals surface area contributed by atoms with Gasteiger partial charge in [-0.3, -0.25) is 9.78 Å². The summed E-state index contributed by atoms with van der Waals surface area (Å²) in [5.74, 6) is -1.60. The summed E-state index contributed by atoms with van der Waals surface area (Å²) in [4.78, 5) is 24.1. The summed E-state index contributed by atoms with van der Waals surface area (Å²) in [6, 6.07) is 3.08. The average Bonchev–Trinajstić information content (AvgIpc) is 2.66. The van der Waals surface area contributed by atoms with Crippen molar-refractivity contribution < 1.29 is 19.8 Å². The van der Waals surface area contributed by atoms with Gasteiger partial charge in [-0.05, 0) is 18.6 Å². The Morgan fingerprint density at radius 3 is 1.63 bits per heavy atom. The van der Waals surface area contributed by atoms with E-state index in [1.54, 1.807) is 6.07 Å². The largest absolute Gasteiger partial charge is 0.481 e. The molecule has 27 heavy (non-hydrogen) atoms. The summed E-state index contributed by atoms with van der Waals surface area (Å²) in [5.41, 5.74) is 0.220. The maximum absolute atomic E-state index is 10.3. The molecule has 0 amide bonds. The van der Waals surface area contributed by atoms with E-state index in [9.17, 15) is 9.59 Å². The number of nitrogens with zero attached hydrogens (tertiary/aromatic N) is 1. The predicted octanol–water partition coefficient (Wildman–Crippen LogP) is 6.33. The summed E-state index contributed by atoms with van der Waals surface area (Å²) in [5, 5.41) is 16.8. The molecule has 0 aliphatic heterocycles. The number of rotatable bonds is 15. The van der Waals surface area contributed by atoms with E-state index in [0.717, 1.165) is 12.8 Å². The summed E-state index contributed by atoms with van der Waals surface area (Å²) in [6.45, 7) is 2.26. The number of aliphatic carboxylic acids is 1. The van der Waals surface area contributed by atoms with Gasteiger partial charge in [0.1, 0.15) is 0 Å². The van der Waals surface area contributed by atoms with Gasteiger partial charge in [0.05, 0.1) is 5.56 Å². The van der Waals surface area contributed by atoms with Crippen LogP contribution >= 0.6 is 0 Å². The van der Waals surface area contributed by atoms with Gasteiger partial charge in [-0.2, -0.15) is 0 Å². The Balaban J connectivity index is 0.000000621. The molecular weight excluding hydrogens is 342 g/mol. The van der Waals surface area contributed by atoms with E-state index in [1.807, 2.05) is 0 Å². The maximum Gasteiger partial charge on any atom is 0.337 e. The molecule has 0 fully saturated rings. The van der Waals surface area contributed by atoms with E-state index in [4.69, 9.17) is 10.2 Å². The Kier molecular flexibility index (Phi) is 17.5. The number of carboxylic acid groups (broad SMARTS) is 2. The normalized spacial score (nSPS) is 10.1. The van der Waals surface area contributed by atoms with Crippen molar-refractivity contribution in [1.29, 1.82) is 0 Å². The van der Waals surface area contributed by atoms with Crippen molar-refractivity contribution in [3.05, 3.63) is 30.1 Å². The molecule has 5 nitrogen and oxygen atoms in total. The second-order valence-electron chi connectivity index (χ2n) is 6.93. The zero-order chi connectivity index (χ0) is 20.2. The topological polar surface area (TPSA) is 87.5 Å². The third-order valence-electron chi connectivity index (χ3n) is 4.40. The molecule has 1 heterocycles. The van der Waals surface area contributed by atoms with Crippen LogP contribution in [0.15, 0.2) is 24.5 Å². The molecule has 1 rings (SSSR count). The molecule has 2 N–H and O–H groups in total. The standard InChI is InChI=1S/C16H32O2.C6H5NO2/c1-2-3-4-5-6-7-8-9-10-11-12-13-14-15-16(17)18;8-6(9)5-2-1-3-7-4-5/h2-15H2,1H3,(H,17,18);1-4H,(H,8,9). The minimum absolute atomic E-state index is 0.220. The van der Waals surface area contributed by atoms with Gasteiger partial charge in [-0.15, -0.1) is 0 Å². The van der Waals surface area contributed by atoms with E-state index in [1.165, 1.54) is 89.1 Å². The van der Waals surface area contributed by atoms with E-state index < -0.39 is 11.9 Å². The molecule has 0 aliphatic rings. The van der Waals surface area contributed by atoms with Gasteiger partial charge >= 0.3 is 11.9 Å². The molecule has 154 valence electrons. The molecule has 0 unspecified atom stereocenters. The number of pyridine rings is 1. The van der Waals surface area contributed by atoms with Gasteiger partial charge in [0.25, 0.3) is 0 Å². The second kappa shape index (κ2) is 18.9. The van der Waals surface area contributed by atoms with Gasteiger partial charge in [0.15, 0.2) is 0 Å². The molecule has 0 saturated carbocycles. The van der Waals surface area contributed by atoms with Gasteiger partial charge in [0.2, 0.25) is 0 Å². The number of carboxylic acids is 2. The van der Waals surface area contributed by atoms with Crippen LogP contribution in [0.4, 0.5) is 0 Å². The number of aromatic nitrogens is 1. The fourth-order valence-electron chi connectivity index (χ4n) is 2.78. The Morgan fingerprint density at radius 1 is 0.815 bits per heavy atom. The van der Waals surface area contributed by atoms with Crippen molar-refractivity contribution in [3.63, 3.8) is 0 Å². The first kappa shape index (κ1) is 25.1. The van der Waals surface area contributed by atoms with E-state index in [-0.39, 0.29) is 5.56 Å². The fraction of sp³-hybridized carbons (Fsp3) is 0.682. The third-order valence-corrected chi connectivity index (χ3v) is 4.40. The molecule has 0 aliphatic carbocycles. The molecule has 0 spiro atoms. The highest BCUT2D eigenvalue weighted by molar-refractivity contribution is 5.86. The SMILES string of the molecule is CCCCCCCCCCCCCCCC(=O)O.O=C(O)c1cccnc1. The first-order chi connectivity index (χ1) is 13.1. The lowest BCUT2D eigenvalue weighted by Crippen LogP contribution is -1.94. The van der Waals surface area contributed by atoms with Crippen LogP contribution in [-0.4, -0.2) is 27.1 Å². The highest BCUT2D eigenvalue weighted by Crippen LogP contribution is 2.12. The quantitative estimate of drug-likeness (QED) is 0.348. The number of hydrogen-bond donors (Lipinski definition) is 2. The summed E-state index contributed by atoms with van der Waals surface area (Å²) < 4.78 is 0. The molecule has 5 heteroatoms. The van der Waals surface area contributed by atoms with Crippen LogP contribution in [0.3, 0.4) is 0 Å². The molecule has 0 bridgehead atoms. The number of hydrogen-bond acceptors (Lipinski definition) is 3. The van der Waals surface area contributed by atoms with Gasteiger partial charge in [0, 0.05) is 18.8 Å². The minimum Gasteiger partial charge on any atom is -0.481 e. The Morgan fingerprint density at radius 2 is 1.30 bits per heavy atom. The molecule has 0 radical (unpaired) electrons. The van der Waals surface area contributed by atoms with Crippen molar-refractivity contribution in [3.8, 4) is 0 Å². The molecule has 0 saturated heterocycles. The number of carbonyl (C=O) groups is 2. The Bertz CT molecular complexity index is 476. The van der Waals surface area contributed by atoms with Gasteiger partial charge in [-0.25, -0.2) is 4.79 Å². The van der Waals surface area contributed by atoms with Crippen LogP contribution in [0.25, 0.3) is 0 Å². The first-order valence-electron chi connectivity index (χ1n) is 10.4. The van der Waals surface area contributed by atoms with Crippen LogP contribution in [0.1, 0.15) is 107 Å². The maximum atomic E-state index is 10.3. The van der Waals surface area contributed by atoms with E-state index >= 15 is 0 Å². The van der Waals surface area contributed by atoms with Gasteiger partial charge in [-0.1, -0.05) is 84.0 Å². The van der Waals surface area contributed by atoms with Crippen LogP contribution in [0.2, 0.25) is 0 Å². The van der Waals surface area contributed by atoms with Crippen LogP contribution in [0, 0.1) is 0 Å².